The number of terminal acetylenes is 1. The van der Waals surface area contributed by atoms with Gasteiger partial charge in [-0.2, -0.15) is 0 Å². The molecule has 178 valence electrons. The van der Waals surface area contributed by atoms with E-state index in [0.717, 1.165) is 10.5 Å². The van der Waals surface area contributed by atoms with E-state index >= 15 is 0 Å². The molecule has 1 aliphatic heterocycles. The first-order valence-electron chi connectivity index (χ1n) is 10.5. The number of hydrogen-bond acceptors (Lipinski definition) is 5. The van der Waals surface area contributed by atoms with Crippen LogP contribution in [-0.2, 0) is 14.4 Å². The number of benzene rings is 1. The molecule has 0 aromatic heterocycles. The summed E-state index contributed by atoms with van der Waals surface area (Å²) in [5, 5.41) is 24.4. The number of carboxylic acid groups (broad SMARTS) is 1. The van der Waals surface area contributed by atoms with Crippen LogP contribution < -0.4 is 16.4 Å². The van der Waals surface area contributed by atoms with Crippen LogP contribution in [0.4, 0.5) is 4.79 Å². The number of amides is 4. The molecule has 1 saturated heterocycles. The van der Waals surface area contributed by atoms with Crippen molar-refractivity contribution in [1.82, 2.24) is 15.5 Å². The number of carbonyl (C=O) groups is 4. The molecule has 2 rings (SSSR count). The molecule has 0 radical (unpaired) electrons. The normalized spacial score (nSPS) is 19.8. The van der Waals surface area contributed by atoms with Gasteiger partial charge in [-0.1, -0.05) is 31.9 Å². The minimum Gasteiger partial charge on any atom is -0.465 e. The summed E-state index contributed by atoms with van der Waals surface area (Å²) in [6.07, 6.45) is 2.67. The SMILES string of the molecule is C#Cc1ccc([C@H](C)NC(=O)[C@@H]2C[C@@H](O)CN2C(=O)C(NC(=O)O)C(C)(C)CC(N)=O)cc1. The van der Waals surface area contributed by atoms with Gasteiger partial charge in [0.25, 0.3) is 0 Å². The standard InChI is InChI=1S/C23H30N4O6/c1-5-14-6-8-15(9-7-14)13(2)25-20(30)17-10-16(28)12-27(17)21(31)19(26-22(32)33)23(3,4)11-18(24)29/h1,6-9,13,16-17,19,26,28H,10-12H2,2-4H3,(H2,24,29)(H,25,30)(H,32,33)/t13-,16+,17-,19?/m0/s1. The maximum absolute atomic E-state index is 13.3. The number of aliphatic hydroxyl groups is 1. The van der Waals surface area contributed by atoms with Crippen molar-refractivity contribution in [3.63, 3.8) is 0 Å². The molecule has 10 nitrogen and oxygen atoms in total. The van der Waals surface area contributed by atoms with Gasteiger partial charge < -0.3 is 31.5 Å². The molecule has 10 heteroatoms. The summed E-state index contributed by atoms with van der Waals surface area (Å²) in [7, 11) is 0. The summed E-state index contributed by atoms with van der Waals surface area (Å²) in [4.78, 5) is 50.3. The van der Waals surface area contributed by atoms with E-state index in [9.17, 15) is 29.4 Å². The predicted octanol–water partition coefficient (Wildman–Crippen LogP) is 0.345. The highest BCUT2D eigenvalue weighted by atomic mass is 16.4. The Morgan fingerprint density at radius 1 is 1.24 bits per heavy atom. The Bertz CT molecular complexity index is 953. The summed E-state index contributed by atoms with van der Waals surface area (Å²) >= 11 is 0. The van der Waals surface area contributed by atoms with Gasteiger partial charge in [-0.15, -0.1) is 6.42 Å². The van der Waals surface area contributed by atoms with Crippen molar-refractivity contribution in [3.8, 4) is 12.3 Å². The van der Waals surface area contributed by atoms with Gasteiger partial charge in [0.1, 0.15) is 12.1 Å². The van der Waals surface area contributed by atoms with E-state index in [1.54, 1.807) is 31.2 Å². The number of likely N-dealkylation sites (tertiary alicyclic amines) is 1. The van der Waals surface area contributed by atoms with E-state index in [-0.39, 0.29) is 19.4 Å². The van der Waals surface area contributed by atoms with E-state index in [1.807, 2.05) is 0 Å². The lowest BCUT2D eigenvalue weighted by molar-refractivity contribution is -0.143. The zero-order valence-corrected chi connectivity index (χ0v) is 18.9. The molecule has 0 saturated carbocycles. The molecule has 0 aliphatic carbocycles. The molecule has 0 bridgehead atoms. The van der Waals surface area contributed by atoms with E-state index < -0.39 is 53.5 Å². The van der Waals surface area contributed by atoms with Gasteiger partial charge in [0, 0.05) is 30.4 Å². The Hall–Kier alpha value is -3.58. The predicted molar refractivity (Wildman–Crippen MR) is 120 cm³/mol. The summed E-state index contributed by atoms with van der Waals surface area (Å²) in [5.74, 6) is 0.603. The molecule has 1 fully saturated rings. The number of primary amides is 1. The summed E-state index contributed by atoms with van der Waals surface area (Å²) in [6.45, 7) is 4.68. The minimum atomic E-state index is -1.46. The van der Waals surface area contributed by atoms with Gasteiger partial charge in [0.05, 0.1) is 12.1 Å². The zero-order valence-electron chi connectivity index (χ0n) is 18.9. The lowest BCUT2D eigenvalue weighted by atomic mass is 9.80. The highest BCUT2D eigenvalue weighted by Crippen LogP contribution is 2.29. The van der Waals surface area contributed by atoms with E-state index in [4.69, 9.17) is 12.2 Å². The maximum atomic E-state index is 13.3. The van der Waals surface area contributed by atoms with E-state index in [2.05, 4.69) is 16.6 Å². The molecular formula is C23H30N4O6. The fourth-order valence-electron chi connectivity index (χ4n) is 4.00. The van der Waals surface area contributed by atoms with Crippen LogP contribution in [-0.4, -0.2) is 63.7 Å². The second-order valence-electron chi connectivity index (χ2n) is 8.91. The van der Waals surface area contributed by atoms with Crippen molar-refractivity contribution in [2.45, 2.75) is 57.8 Å². The molecule has 1 heterocycles. The second-order valence-corrected chi connectivity index (χ2v) is 8.91. The summed E-state index contributed by atoms with van der Waals surface area (Å²) in [6, 6.07) is 4.29. The number of nitrogens with zero attached hydrogens (tertiary/aromatic N) is 1. The van der Waals surface area contributed by atoms with Crippen molar-refractivity contribution in [3.05, 3.63) is 35.4 Å². The first-order chi connectivity index (χ1) is 15.4. The largest absolute Gasteiger partial charge is 0.465 e. The van der Waals surface area contributed by atoms with E-state index in [1.165, 1.54) is 13.8 Å². The monoisotopic (exact) mass is 458 g/mol. The zero-order chi connectivity index (χ0) is 24.9. The van der Waals surface area contributed by atoms with Crippen LogP contribution in [0.3, 0.4) is 0 Å². The van der Waals surface area contributed by atoms with Crippen LogP contribution in [0.1, 0.15) is 50.8 Å². The number of rotatable bonds is 8. The van der Waals surface area contributed by atoms with Crippen molar-refractivity contribution in [2.75, 3.05) is 6.54 Å². The van der Waals surface area contributed by atoms with Crippen LogP contribution >= 0.6 is 0 Å². The third kappa shape index (κ3) is 6.46. The van der Waals surface area contributed by atoms with Gasteiger partial charge in [0.2, 0.25) is 17.7 Å². The molecule has 6 N–H and O–H groups in total. The molecule has 1 aromatic carbocycles. The first-order valence-corrected chi connectivity index (χ1v) is 10.5. The molecule has 1 aromatic rings. The number of nitrogens with one attached hydrogen (secondary N) is 2. The highest BCUT2D eigenvalue weighted by molar-refractivity contribution is 5.93. The third-order valence-corrected chi connectivity index (χ3v) is 5.73. The number of β-amino-alcohol motifs (C(OH)–C–C–N with tert-alkyl or cyclic N) is 1. The fourth-order valence-corrected chi connectivity index (χ4v) is 4.00. The fraction of sp³-hybridized carbons (Fsp3) is 0.478. The van der Waals surface area contributed by atoms with Gasteiger partial charge in [0.15, 0.2) is 0 Å². The lowest BCUT2D eigenvalue weighted by Gasteiger charge is -2.36. The topological polar surface area (TPSA) is 162 Å². The smallest absolute Gasteiger partial charge is 0.405 e. The van der Waals surface area contributed by atoms with Crippen LogP contribution in [0, 0.1) is 17.8 Å². The number of hydrogen-bond donors (Lipinski definition) is 5. The molecule has 4 amide bonds. The van der Waals surface area contributed by atoms with Crippen molar-refractivity contribution < 1.29 is 29.4 Å². The summed E-state index contributed by atoms with van der Waals surface area (Å²) in [5.41, 5.74) is 5.60. The average Bonchev–Trinajstić information content (AvgIpc) is 3.12. The highest BCUT2D eigenvalue weighted by Gasteiger charge is 2.46. The van der Waals surface area contributed by atoms with Gasteiger partial charge >= 0.3 is 6.09 Å². The third-order valence-electron chi connectivity index (χ3n) is 5.73. The Labute approximate surface area is 192 Å². The molecular weight excluding hydrogens is 428 g/mol. The number of aliphatic hydroxyl groups excluding tert-OH is 1. The quantitative estimate of drug-likeness (QED) is 0.353. The van der Waals surface area contributed by atoms with Crippen LogP contribution in [0.15, 0.2) is 24.3 Å². The first kappa shape index (κ1) is 25.7. The van der Waals surface area contributed by atoms with Crippen LogP contribution in [0.2, 0.25) is 0 Å². The Morgan fingerprint density at radius 2 is 1.85 bits per heavy atom. The van der Waals surface area contributed by atoms with Crippen molar-refractivity contribution in [2.24, 2.45) is 11.1 Å². The number of carbonyl (C=O) groups excluding carboxylic acids is 3. The maximum Gasteiger partial charge on any atom is 0.405 e. The molecule has 33 heavy (non-hydrogen) atoms. The minimum absolute atomic E-state index is 0.00361. The van der Waals surface area contributed by atoms with Crippen LogP contribution in [0.5, 0.6) is 0 Å². The summed E-state index contributed by atoms with van der Waals surface area (Å²) < 4.78 is 0. The van der Waals surface area contributed by atoms with Crippen LogP contribution in [0.25, 0.3) is 0 Å². The van der Waals surface area contributed by atoms with Crippen molar-refractivity contribution in [1.29, 1.82) is 0 Å². The van der Waals surface area contributed by atoms with Gasteiger partial charge in [-0.25, -0.2) is 4.79 Å². The molecule has 0 spiro atoms. The Kier molecular flexibility index (Phi) is 8.06. The van der Waals surface area contributed by atoms with Gasteiger partial charge in [-0.05, 0) is 24.6 Å². The Morgan fingerprint density at radius 3 is 2.36 bits per heavy atom. The molecule has 1 unspecified atom stereocenters. The lowest BCUT2D eigenvalue weighted by Crippen LogP contribution is -2.58. The van der Waals surface area contributed by atoms with Gasteiger partial charge in [-0.3, -0.25) is 14.4 Å². The Balaban J connectivity index is 2.23. The van der Waals surface area contributed by atoms with E-state index in [0.29, 0.717) is 5.56 Å². The van der Waals surface area contributed by atoms with Crippen molar-refractivity contribution >= 4 is 23.8 Å². The second kappa shape index (κ2) is 10.4. The molecule has 4 atom stereocenters. The molecule has 1 aliphatic rings. The average molecular weight is 459 g/mol. The number of nitrogens with two attached hydrogens (primary N) is 1.